The number of aliphatic hydroxyl groups excluding tert-OH is 1. The van der Waals surface area contributed by atoms with Crippen molar-refractivity contribution in [2.24, 2.45) is 16.8 Å². The molecule has 1 aromatic rings. The van der Waals surface area contributed by atoms with Gasteiger partial charge in [0, 0.05) is 30.5 Å². The lowest BCUT2D eigenvalue weighted by atomic mass is 9.69. The van der Waals surface area contributed by atoms with Crippen molar-refractivity contribution in [1.82, 2.24) is 4.90 Å². The maximum Gasteiger partial charge on any atom is 0.0998 e. The Balaban J connectivity index is 1.49. The molecule has 5 atom stereocenters. The van der Waals surface area contributed by atoms with Gasteiger partial charge in [0.1, 0.15) is 0 Å². The van der Waals surface area contributed by atoms with Gasteiger partial charge in [-0.2, -0.15) is 0 Å². The number of aliphatic hydroxyl groups is 1. The largest absolute Gasteiger partial charge is 0.391 e. The van der Waals surface area contributed by atoms with Gasteiger partial charge in [-0.25, -0.2) is 0 Å². The van der Waals surface area contributed by atoms with Crippen LogP contribution in [0, 0.1) is 11.8 Å². The number of likely N-dealkylation sites (tertiary alicyclic amines) is 1. The number of rotatable bonds is 1. The summed E-state index contributed by atoms with van der Waals surface area (Å²) >= 11 is 6.13. The van der Waals surface area contributed by atoms with Crippen LogP contribution in [0.15, 0.2) is 29.3 Å². The fourth-order valence-corrected chi connectivity index (χ4v) is 6.39. The van der Waals surface area contributed by atoms with Crippen LogP contribution >= 0.6 is 11.6 Å². The first-order chi connectivity index (χ1) is 12.2. The van der Waals surface area contributed by atoms with Crippen LogP contribution in [0.5, 0.6) is 0 Å². The normalized spacial score (nSPS) is 40.1. The molecule has 4 aliphatic rings. The quantitative estimate of drug-likeness (QED) is 0.815. The van der Waals surface area contributed by atoms with E-state index in [0.717, 1.165) is 49.2 Å². The SMILES string of the molecule is OC1CCCN(C2=NC3(CC2)C2CCC(C2)C3c2ccc(Cl)cc2)C1. The molecule has 25 heavy (non-hydrogen) atoms. The fraction of sp³-hybridized carbons (Fsp3) is 0.667. The maximum atomic E-state index is 10.0. The number of piperidine rings is 1. The van der Waals surface area contributed by atoms with Crippen molar-refractivity contribution >= 4 is 17.4 Å². The van der Waals surface area contributed by atoms with Crippen LogP contribution < -0.4 is 0 Å². The zero-order valence-electron chi connectivity index (χ0n) is 14.7. The van der Waals surface area contributed by atoms with Crippen molar-refractivity contribution in [3.05, 3.63) is 34.9 Å². The van der Waals surface area contributed by atoms with Crippen LogP contribution in [0.2, 0.25) is 5.02 Å². The molecule has 5 unspecified atom stereocenters. The topological polar surface area (TPSA) is 35.8 Å². The summed E-state index contributed by atoms with van der Waals surface area (Å²) in [7, 11) is 0. The molecule has 4 heteroatoms. The van der Waals surface area contributed by atoms with Crippen LogP contribution in [0.1, 0.15) is 56.4 Å². The Hall–Kier alpha value is -1.06. The second-order valence-corrected chi connectivity index (χ2v) is 9.00. The molecule has 2 heterocycles. The second-order valence-electron chi connectivity index (χ2n) is 8.56. The molecule has 2 saturated carbocycles. The Kier molecular flexibility index (Phi) is 3.87. The molecule has 134 valence electrons. The summed E-state index contributed by atoms with van der Waals surface area (Å²) in [5.41, 5.74) is 1.54. The van der Waals surface area contributed by atoms with Crippen LogP contribution in [-0.4, -0.2) is 40.6 Å². The highest BCUT2D eigenvalue weighted by molar-refractivity contribution is 6.30. The summed E-state index contributed by atoms with van der Waals surface area (Å²) in [4.78, 5) is 7.81. The predicted molar refractivity (Wildman–Crippen MR) is 101 cm³/mol. The first-order valence-corrected chi connectivity index (χ1v) is 10.3. The Labute approximate surface area is 155 Å². The molecule has 0 aromatic heterocycles. The number of hydrogen-bond donors (Lipinski definition) is 1. The molecule has 5 rings (SSSR count). The number of halogens is 1. The molecule has 3 nitrogen and oxygen atoms in total. The lowest BCUT2D eigenvalue weighted by Crippen LogP contribution is -2.42. The number of nitrogens with zero attached hydrogens (tertiary/aromatic N) is 2. The van der Waals surface area contributed by atoms with E-state index in [1.165, 1.54) is 37.1 Å². The highest BCUT2D eigenvalue weighted by Crippen LogP contribution is 2.63. The van der Waals surface area contributed by atoms with Crippen LogP contribution in [0.25, 0.3) is 0 Å². The van der Waals surface area contributed by atoms with E-state index in [-0.39, 0.29) is 11.6 Å². The highest BCUT2D eigenvalue weighted by atomic mass is 35.5. The third-order valence-electron chi connectivity index (χ3n) is 7.27. The average Bonchev–Trinajstić information content (AvgIpc) is 3.32. The zero-order valence-corrected chi connectivity index (χ0v) is 15.5. The molecule has 2 bridgehead atoms. The average molecular weight is 359 g/mol. The van der Waals surface area contributed by atoms with Crippen molar-refractivity contribution in [1.29, 1.82) is 0 Å². The number of amidine groups is 1. The molecule has 2 aliphatic heterocycles. The highest BCUT2D eigenvalue weighted by Gasteiger charge is 2.60. The van der Waals surface area contributed by atoms with Gasteiger partial charge < -0.3 is 10.0 Å². The standard InChI is InChI=1S/C21H27ClN2O/c22-17-7-4-14(5-8-17)20-15-3-6-16(12-15)21(20)10-9-19(23-21)24-11-1-2-18(25)13-24/h4-5,7-8,15-16,18,20,25H,1-3,6,9-13H2. The first kappa shape index (κ1) is 16.1. The van der Waals surface area contributed by atoms with E-state index in [9.17, 15) is 5.11 Å². The Morgan fingerprint density at radius 1 is 1.16 bits per heavy atom. The summed E-state index contributed by atoms with van der Waals surface area (Å²) in [6.45, 7) is 1.83. The van der Waals surface area contributed by atoms with E-state index in [1.807, 2.05) is 12.1 Å². The van der Waals surface area contributed by atoms with Gasteiger partial charge in [-0.3, -0.25) is 4.99 Å². The number of hydrogen-bond acceptors (Lipinski definition) is 3. The molecule has 1 spiro atoms. The van der Waals surface area contributed by atoms with Gasteiger partial charge in [0.15, 0.2) is 0 Å². The van der Waals surface area contributed by atoms with Crippen molar-refractivity contribution in [2.45, 2.75) is 62.5 Å². The van der Waals surface area contributed by atoms with Crippen LogP contribution in [0.3, 0.4) is 0 Å². The Morgan fingerprint density at radius 3 is 2.80 bits per heavy atom. The molecule has 1 saturated heterocycles. The molecular formula is C21H27ClN2O. The van der Waals surface area contributed by atoms with Crippen molar-refractivity contribution in [3.8, 4) is 0 Å². The second kappa shape index (κ2) is 5.99. The van der Waals surface area contributed by atoms with Crippen molar-refractivity contribution < 1.29 is 5.11 Å². The number of fused-ring (bicyclic) bond motifs is 3. The monoisotopic (exact) mass is 358 g/mol. The van der Waals surface area contributed by atoms with E-state index in [4.69, 9.17) is 16.6 Å². The van der Waals surface area contributed by atoms with Crippen LogP contribution in [0.4, 0.5) is 0 Å². The summed E-state index contributed by atoms with van der Waals surface area (Å²) in [6.07, 6.45) is 8.14. The van der Waals surface area contributed by atoms with Gasteiger partial charge in [-0.05, 0) is 68.1 Å². The molecule has 0 amide bonds. The van der Waals surface area contributed by atoms with Crippen molar-refractivity contribution in [2.75, 3.05) is 13.1 Å². The lowest BCUT2D eigenvalue weighted by molar-refractivity contribution is 0.102. The smallest absolute Gasteiger partial charge is 0.0998 e. The summed E-state index contributed by atoms with van der Waals surface area (Å²) in [5.74, 6) is 3.34. The van der Waals surface area contributed by atoms with E-state index in [2.05, 4.69) is 17.0 Å². The molecule has 0 radical (unpaired) electrons. The number of β-amino-alcohol motifs (C(OH)–C–C–N with tert-alkyl or cyclic N) is 1. The molecule has 3 fully saturated rings. The maximum absolute atomic E-state index is 10.0. The predicted octanol–water partition coefficient (Wildman–Crippen LogP) is 4.24. The van der Waals surface area contributed by atoms with Gasteiger partial charge in [0.25, 0.3) is 0 Å². The van der Waals surface area contributed by atoms with E-state index >= 15 is 0 Å². The number of aliphatic imine (C=N–C) groups is 1. The van der Waals surface area contributed by atoms with Crippen LogP contribution in [-0.2, 0) is 0 Å². The van der Waals surface area contributed by atoms with Gasteiger partial charge in [-0.15, -0.1) is 0 Å². The number of benzene rings is 1. The van der Waals surface area contributed by atoms with E-state index in [1.54, 1.807) is 0 Å². The fourth-order valence-electron chi connectivity index (χ4n) is 6.27. The first-order valence-electron chi connectivity index (χ1n) is 9.93. The minimum Gasteiger partial charge on any atom is -0.391 e. The third-order valence-corrected chi connectivity index (χ3v) is 7.52. The zero-order chi connectivity index (χ0) is 17.0. The molecule has 2 aliphatic carbocycles. The van der Waals surface area contributed by atoms with E-state index in [0.29, 0.717) is 5.92 Å². The van der Waals surface area contributed by atoms with Crippen molar-refractivity contribution in [3.63, 3.8) is 0 Å². The van der Waals surface area contributed by atoms with Gasteiger partial charge in [0.05, 0.1) is 17.5 Å². The Bertz CT molecular complexity index is 688. The minimum absolute atomic E-state index is 0.106. The van der Waals surface area contributed by atoms with Gasteiger partial charge in [-0.1, -0.05) is 23.7 Å². The molecule has 1 aromatic carbocycles. The summed E-state index contributed by atoms with van der Waals surface area (Å²) < 4.78 is 0. The summed E-state index contributed by atoms with van der Waals surface area (Å²) in [6, 6.07) is 8.54. The minimum atomic E-state index is -0.180. The van der Waals surface area contributed by atoms with E-state index < -0.39 is 0 Å². The van der Waals surface area contributed by atoms with Gasteiger partial charge in [0.2, 0.25) is 0 Å². The molecule has 1 N–H and O–H groups in total. The third kappa shape index (κ3) is 2.54. The molecular weight excluding hydrogens is 332 g/mol. The van der Waals surface area contributed by atoms with Gasteiger partial charge >= 0.3 is 0 Å². The summed E-state index contributed by atoms with van der Waals surface area (Å²) in [5, 5.41) is 10.9. The lowest BCUT2D eigenvalue weighted by Gasteiger charge is -2.39. The Morgan fingerprint density at radius 2 is 2.00 bits per heavy atom.